The SMILES string of the molecule is C[C@@H]1CCCC[C@@H]1NC(=O)c1ccc(Cl)cc1Cl. The third-order valence-corrected chi connectivity index (χ3v) is 4.15. The second-order valence-corrected chi connectivity index (χ2v) is 5.81. The van der Waals surface area contributed by atoms with E-state index in [1.54, 1.807) is 18.2 Å². The molecule has 2 rings (SSSR count). The number of hydrogen-bond donors (Lipinski definition) is 1. The zero-order valence-corrected chi connectivity index (χ0v) is 11.9. The maximum absolute atomic E-state index is 12.2. The molecule has 0 heterocycles. The Balaban J connectivity index is 2.07. The largest absolute Gasteiger partial charge is 0.349 e. The van der Waals surface area contributed by atoms with Crippen LogP contribution < -0.4 is 5.32 Å². The Labute approximate surface area is 118 Å². The highest BCUT2D eigenvalue weighted by Crippen LogP contribution is 2.25. The lowest BCUT2D eigenvalue weighted by Gasteiger charge is -2.29. The number of halogens is 2. The molecule has 1 amide bonds. The van der Waals surface area contributed by atoms with Crippen molar-refractivity contribution in [3.8, 4) is 0 Å². The van der Waals surface area contributed by atoms with Crippen molar-refractivity contribution in [1.82, 2.24) is 5.32 Å². The maximum Gasteiger partial charge on any atom is 0.253 e. The number of nitrogens with one attached hydrogen (secondary N) is 1. The van der Waals surface area contributed by atoms with Gasteiger partial charge >= 0.3 is 0 Å². The molecule has 0 radical (unpaired) electrons. The van der Waals surface area contributed by atoms with Crippen LogP contribution in [0.3, 0.4) is 0 Å². The Bertz CT molecular complexity index is 447. The first-order valence-electron chi connectivity index (χ1n) is 6.34. The molecule has 0 saturated heterocycles. The number of hydrogen-bond acceptors (Lipinski definition) is 1. The van der Waals surface area contributed by atoms with E-state index in [0.717, 1.165) is 6.42 Å². The van der Waals surface area contributed by atoms with Gasteiger partial charge in [0.05, 0.1) is 10.6 Å². The van der Waals surface area contributed by atoms with Gasteiger partial charge in [-0.2, -0.15) is 0 Å². The van der Waals surface area contributed by atoms with E-state index in [2.05, 4.69) is 12.2 Å². The summed E-state index contributed by atoms with van der Waals surface area (Å²) in [5.41, 5.74) is 0.499. The Hall–Kier alpha value is -0.730. The molecule has 1 aromatic carbocycles. The predicted molar refractivity (Wildman–Crippen MR) is 75.3 cm³/mol. The molecular formula is C14H17Cl2NO. The maximum atomic E-state index is 12.2. The van der Waals surface area contributed by atoms with Gasteiger partial charge in [0.15, 0.2) is 0 Å². The van der Waals surface area contributed by atoms with Crippen molar-refractivity contribution in [2.45, 2.75) is 38.6 Å². The van der Waals surface area contributed by atoms with Crippen molar-refractivity contribution in [2.75, 3.05) is 0 Å². The monoisotopic (exact) mass is 285 g/mol. The van der Waals surface area contributed by atoms with Crippen molar-refractivity contribution in [3.05, 3.63) is 33.8 Å². The summed E-state index contributed by atoms with van der Waals surface area (Å²) in [4.78, 5) is 12.2. The third-order valence-electron chi connectivity index (χ3n) is 3.60. The van der Waals surface area contributed by atoms with E-state index >= 15 is 0 Å². The van der Waals surface area contributed by atoms with Crippen molar-refractivity contribution >= 4 is 29.1 Å². The van der Waals surface area contributed by atoms with Crippen LogP contribution in [0.5, 0.6) is 0 Å². The third kappa shape index (κ3) is 3.18. The summed E-state index contributed by atoms with van der Waals surface area (Å²) < 4.78 is 0. The minimum absolute atomic E-state index is 0.101. The van der Waals surface area contributed by atoms with Crippen LogP contribution in [0, 0.1) is 5.92 Å². The average molecular weight is 286 g/mol. The summed E-state index contributed by atoms with van der Waals surface area (Å²) in [5.74, 6) is 0.434. The van der Waals surface area contributed by atoms with Gasteiger partial charge in [-0.1, -0.05) is 43.0 Å². The molecule has 1 aliphatic rings. The van der Waals surface area contributed by atoms with E-state index in [4.69, 9.17) is 23.2 Å². The van der Waals surface area contributed by atoms with Crippen LogP contribution >= 0.6 is 23.2 Å². The number of rotatable bonds is 2. The molecular weight excluding hydrogens is 269 g/mol. The van der Waals surface area contributed by atoms with Gasteiger partial charge in [0.2, 0.25) is 0 Å². The van der Waals surface area contributed by atoms with Crippen LogP contribution in [0.15, 0.2) is 18.2 Å². The predicted octanol–water partition coefficient (Wildman–Crippen LogP) is 4.30. The van der Waals surface area contributed by atoms with Gasteiger partial charge < -0.3 is 5.32 Å². The molecule has 1 saturated carbocycles. The molecule has 2 atom stereocenters. The minimum Gasteiger partial charge on any atom is -0.349 e. The van der Waals surface area contributed by atoms with E-state index in [9.17, 15) is 4.79 Å². The van der Waals surface area contributed by atoms with Gasteiger partial charge in [0, 0.05) is 11.1 Å². The standard InChI is InChI=1S/C14H17Cl2NO/c1-9-4-2-3-5-13(9)17-14(18)11-7-6-10(15)8-12(11)16/h6-9,13H,2-5H2,1H3,(H,17,18)/t9-,13+/m1/s1. The molecule has 1 aromatic rings. The Morgan fingerprint density at radius 2 is 2.00 bits per heavy atom. The van der Waals surface area contributed by atoms with Gasteiger partial charge in [0.25, 0.3) is 5.91 Å². The van der Waals surface area contributed by atoms with Gasteiger partial charge in [-0.25, -0.2) is 0 Å². The van der Waals surface area contributed by atoms with Gasteiger partial charge in [-0.3, -0.25) is 4.79 Å². The molecule has 98 valence electrons. The number of carbonyl (C=O) groups excluding carboxylic acids is 1. The second kappa shape index (κ2) is 5.94. The molecule has 0 bridgehead atoms. The average Bonchev–Trinajstić information content (AvgIpc) is 2.32. The smallest absolute Gasteiger partial charge is 0.253 e. The summed E-state index contributed by atoms with van der Waals surface area (Å²) in [6.07, 6.45) is 4.68. The summed E-state index contributed by atoms with van der Waals surface area (Å²) in [7, 11) is 0. The normalized spacial score (nSPS) is 23.7. The van der Waals surface area contributed by atoms with E-state index in [-0.39, 0.29) is 11.9 Å². The highest BCUT2D eigenvalue weighted by molar-refractivity contribution is 6.36. The molecule has 1 aliphatic carbocycles. The zero-order chi connectivity index (χ0) is 13.1. The number of benzene rings is 1. The molecule has 18 heavy (non-hydrogen) atoms. The van der Waals surface area contributed by atoms with Crippen LogP contribution in [-0.4, -0.2) is 11.9 Å². The van der Waals surface area contributed by atoms with E-state index in [0.29, 0.717) is 21.5 Å². The van der Waals surface area contributed by atoms with Crippen LogP contribution in [0.4, 0.5) is 0 Å². The van der Waals surface area contributed by atoms with E-state index in [1.807, 2.05) is 0 Å². The Morgan fingerprint density at radius 1 is 1.28 bits per heavy atom. The van der Waals surface area contributed by atoms with E-state index < -0.39 is 0 Å². The van der Waals surface area contributed by atoms with Crippen molar-refractivity contribution in [1.29, 1.82) is 0 Å². The quantitative estimate of drug-likeness (QED) is 0.862. The van der Waals surface area contributed by atoms with Crippen LogP contribution in [-0.2, 0) is 0 Å². The van der Waals surface area contributed by atoms with Crippen LogP contribution in [0.25, 0.3) is 0 Å². The van der Waals surface area contributed by atoms with Gasteiger partial charge in [-0.05, 0) is 37.0 Å². The topological polar surface area (TPSA) is 29.1 Å². The number of carbonyl (C=O) groups is 1. The highest BCUT2D eigenvalue weighted by Gasteiger charge is 2.23. The molecule has 2 nitrogen and oxygen atoms in total. The van der Waals surface area contributed by atoms with Crippen LogP contribution in [0.2, 0.25) is 10.0 Å². The Morgan fingerprint density at radius 3 is 2.67 bits per heavy atom. The fraction of sp³-hybridized carbons (Fsp3) is 0.500. The number of amides is 1. The molecule has 0 spiro atoms. The van der Waals surface area contributed by atoms with Gasteiger partial charge in [-0.15, -0.1) is 0 Å². The first-order chi connectivity index (χ1) is 8.58. The summed E-state index contributed by atoms with van der Waals surface area (Å²) in [5, 5.41) is 4.03. The Kier molecular flexibility index (Phi) is 4.52. The molecule has 0 unspecified atom stereocenters. The summed E-state index contributed by atoms with van der Waals surface area (Å²) >= 11 is 11.9. The summed E-state index contributed by atoms with van der Waals surface area (Å²) in [6.45, 7) is 2.19. The lowest BCUT2D eigenvalue weighted by Crippen LogP contribution is -2.41. The first-order valence-corrected chi connectivity index (χ1v) is 7.09. The van der Waals surface area contributed by atoms with Gasteiger partial charge in [0.1, 0.15) is 0 Å². The fourth-order valence-corrected chi connectivity index (χ4v) is 2.94. The minimum atomic E-state index is -0.101. The molecule has 4 heteroatoms. The zero-order valence-electron chi connectivity index (χ0n) is 10.4. The molecule has 1 fully saturated rings. The van der Waals surface area contributed by atoms with Crippen molar-refractivity contribution in [2.24, 2.45) is 5.92 Å². The van der Waals surface area contributed by atoms with Crippen LogP contribution in [0.1, 0.15) is 43.0 Å². The first kappa shape index (κ1) is 13.7. The molecule has 1 N–H and O–H groups in total. The highest BCUT2D eigenvalue weighted by atomic mass is 35.5. The summed E-state index contributed by atoms with van der Waals surface area (Å²) in [6, 6.07) is 5.22. The van der Waals surface area contributed by atoms with Crippen molar-refractivity contribution in [3.63, 3.8) is 0 Å². The second-order valence-electron chi connectivity index (χ2n) is 4.97. The molecule has 0 aromatic heterocycles. The van der Waals surface area contributed by atoms with Crippen molar-refractivity contribution < 1.29 is 4.79 Å². The fourth-order valence-electron chi connectivity index (χ4n) is 2.45. The lowest BCUT2D eigenvalue weighted by molar-refractivity contribution is 0.0910. The molecule has 0 aliphatic heterocycles. The van der Waals surface area contributed by atoms with E-state index in [1.165, 1.54) is 19.3 Å². The lowest BCUT2D eigenvalue weighted by atomic mass is 9.86.